The van der Waals surface area contributed by atoms with Crippen molar-refractivity contribution in [2.75, 3.05) is 5.75 Å². The van der Waals surface area contributed by atoms with Crippen molar-refractivity contribution >= 4 is 39.1 Å². The van der Waals surface area contributed by atoms with Gasteiger partial charge in [0, 0.05) is 16.9 Å². The van der Waals surface area contributed by atoms with Crippen LogP contribution < -0.4 is 5.56 Å². The molecule has 0 bridgehead atoms. The summed E-state index contributed by atoms with van der Waals surface area (Å²) in [5, 5.41) is 1.21. The summed E-state index contributed by atoms with van der Waals surface area (Å²) >= 11 is 2.83. The molecular weight excluding hydrogens is 452 g/mol. The van der Waals surface area contributed by atoms with E-state index in [1.54, 1.807) is 4.57 Å². The fourth-order valence-corrected chi connectivity index (χ4v) is 6.12. The first kappa shape index (κ1) is 22.1. The third-order valence-electron chi connectivity index (χ3n) is 6.17. The molecule has 0 saturated heterocycles. The summed E-state index contributed by atoms with van der Waals surface area (Å²) in [5.74, 6) is 0.212. The summed E-state index contributed by atoms with van der Waals surface area (Å²) in [4.78, 5) is 33.3. The maximum Gasteiger partial charge on any atom is 0.267 e. The van der Waals surface area contributed by atoms with Crippen molar-refractivity contribution in [3.63, 3.8) is 0 Å². The van der Waals surface area contributed by atoms with Crippen molar-refractivity contribution in [3.05, 3.63) is 87.0 Å². The number of hydrogen-bond acceptors (Lipinski definition) is 6. The van der Waals surface area contributed by atoms with Gasteiger partial charge >= 0.3 is 0 Å². The van der Waals surface area contributed by atoms with Crippen LogP contribution in [0.3, 0.4) is 0 Å². The maximum absolute atomic E-state index is 13.9. The standard InChI is InChI=1S/C26H24N2O3S2/c1-3-26(2)14-19-21(15-31-26)33-23-22(19)24(30)28(18-12-8-5-9-13-18)25(27-23)32-16-20(29)17-10-6-4-7-11-17/h4-13H,3,14-16H2,1-2H3. The van der Waals surface area contributed by atoms with Crippen LogP contribution in [0.15, 0.2) is 70.6 Å². The summed E-state index contributed by atoms with van der Waals surface area (Å²) in [5.41, 5.74) is 2.10. The number of ketones is 1. The first-order chi connectivity index (χ1) is 16.0. The number of carbonyl (C=O) groups is 1. The van der Waals surface area contributed by atoms with E-state index in [2.05, 4.69) is 13.8 Å². The normalized spacial score (nSPS) is 17.8. The van der Waals surface area contributed by atoms with Crippen LogP contribution in [0.25, 0.3) is 15.9 Å². The Labute approximate surface area is 200 Å². The van der Waals surface area contributed by atoms with Gasteiger partial charge in [-0.25, -0.2) is 4.98 Å². The predicted octanol–water partition coefficient (Wildman–Crippen LogP) is 5.66. The number of para-hydroxylation sites is 1. The molecule has 2 aromatic carbocycles. The lowest BCUT2D eigenvalue weighted by molar-refractivity contribution is -0.0543. The van der Waals surface area contributed by atoms with Crippen molar-refractivity contribution in [2.45, 2.75) is 44.1 Å². The molecule has 3 heterocycles. The van der Waals surface area contributed by atoms with Crippen LogP contribution in [-0.2, 0) is 17.8 Å². The number of benzene rings is 2. The maximum atomic E-state index is 13.9. The number of carbonyl (C=O) groups excluding carboxylic acids is 1. The fraction of sp³-hybridized carbons (Fsp3) is 0.269. The lowest BCUT2D eigenvalue weighted by Crippen LogP contribution is -2.34. The third kappa shape index (κ3) is 4.16. The molecule has 1 unspecified atom stereocenters. The van der Waals surface area contributed by atoms with Crippen molar-refractivity contribution < 1.29 is 9.53 Å². The van der Waals surface area contributed by atoms with Gasteiger partial charge in [-0.3, -0.25) is 14.2 Å². The number of hydrogen-bond donors (Lipinski definition) is 0. The van der Waals surface area contributed by atoms with Crippen molar-refractivity contribution in [2.24, 2.45) is 0 Å². The van der Waals surface area contributed by atoms with Gasteiger partial charge in [0.1, 0.15) is 4.83 Å². The number of rotatable bonds is 6. The topological polar surface area (TPSA) is 61.2 Å². The van der Waals surface area contributed by atoms with Gasteiger partial charge < -0.3 is 4.74 Å². The number of thiophene rings is 1. The molecule has 0 N–H and O–H groups in total. The minimum absolute atomic E-state index is 0.00661. The SMILES string of the molecule is CCC1(C)Cc2c(sc3nc(SCC(=O)c4ccccc4)n(-c4ccccc4)c(=O)c23)CO1. The molecular formula is C26H24N2O3S2. The highest BCUT2D eigenvalue weighted by Crippen LogP contribution is 2.39. The molecule has 7 heteroatoms. The molecule has 1 aliphatic heterocycles. The predicted molar refractivity (Wildman–Crippen MR) is 134 cm³/mol. The van der Waals surface area contributed by atoms with Crippen LogP contribution in [-0.4, -0.2) is 26.7 Å². The third-order valence-corrected chi connectivity index (χ3v) is 8.21. The highest BCUT2D eigenvalue weighted by atomic mass is 32.2. The minimum Gasteiger partial charge on any atom is -0.369 e. The number of Topliss-reactive ketones (excluding diaryl/α,β-unsaturated/α-hetero) is 1. The molecule has 0 spiro atoms. The van der Waals surface area contributed by atoms with E-state index < -0.39 is 0 Å². The van der Waals surface area contributed by atoms with Crippen LogP contribution in [0.1, 0.15) is 41.1 Å². The smallest absolute Gasteiger partial charge is 0.267 e. The molecule has 0 fully saturated rings. The zero-order chi connectivity index (χ0) is 23.0. The van der Waals surface area contributed by atoms with Crippen LogP contribution in [0.2, 0.25) is 0 Å². The molecule has 5 rings (SSSR count). The Morgan fingerprint density at radius 2 is 1.85 bits per heavy atom. The van der Waals surface area contributed by atoms with Crippen molar-refractivity contribution in [1.29, 1.82) is 0 Å². The summed E-state index contributed by atoms with van der Waals surface area (Å²) < 4.78 is 7.76. The zero-order valence-corrected chi connectivity index (χ0v) is 20.2. The van der Waals surface area contributed by atoms with Gasteiger partial charge in [-0.05, 0) is 31.0 Å². The Bertz CT molecular complexity index is 1380. The van der Waals surface area contributed by atoms with Crippen LogP contribution >= 0.6 is 23.1 Å². The van der Waals surface area contributed by atoms with E-state index in [1.807, 2.05) is 60.7 Å². The molecule has 0 radical (unpaired) electrons. The number of aromatic nitrogens is 2. The molecule has 5 nitrogen and oxygen atoms in total. The Morgan fingerprint density at radius 1 is 1.15 bits per heavy atom. The monoisotopic (exact) mass is 476 g/mol. The van der Waals surface area contributed by atoms with Gasteiger partial charge in [0.2, 0.25) is 0 Å². The first-order valence-electron chi connectivity index (χ1n) is 11.0. The lowest BCUT2D eigenvalue weighted by Gasteiger charge is -2.32. The van der Waals surface area contributed by atoms with Crippen molar-refractivity contribution in [3.8, 4) is 5.69 Å². The molecule has 4 aromatic rings. The van der Waals surface area contributed by atoms with Gasteiger partial charge in [0.05, 0.1) is 29.0 Å². The molecule has 0 aliphatic carbocycles. The average molecular weight is 477 g/mol. The van der Waals surface area contributed by atoms with E-state index in [0.29, 0.717) is 29.1 Å². The largest absolute Gasteiger partial charge is 0.369 e. The minimum atomic E-state index is -0.277. The van der Waals surface area contributed by atoms with E-state index in [-0.39, 0.29) is 22.7 Å². The number of ether oxygens (including phenoxy) is 1. The number of nitrogens with zero attached hydrogens (tertiary/aromatic N) is 2. The summed E-state index contributed by atoms with van der Waals surface area (Å²) in [7, 11) is 0. The first-order valence-corrected chi connectivity index (χ1v) is 12.8. The van der Waals surface area contributed by atoms with Gasteiger partial charge in [-0.2, -0.15) is 0 Å². The molecule has 2 aromatic heterocycles. The number of thioether (sulfide) groups is 1. The molecule has 0 amide bonds. The Kier molecular flexibility index (Phi) is 5.95. The quantitative estimate of drug-likeness (QED) is 0.204. The van der Waals surface area contributed by atoms with Crippen LogP contribution in [0.4, 0.5) is 0 Å². The summed E-state index contributed by atoms with van der Waals surface area (Å²) in [6, 6.07) is 18.7. The van der Waals surface area contributed by atoms with E-state index >= 15 is 0 Å². The average Bonchev–Trinajstić information content (AvgIpc) is 3.21. The van der Waals surface area contributed by atoms with E-state index in [9.17, 15) is 9.59 Å². The molecule has 1 atom stereocenters. The Morgan fingerprint density at radius 3 is 2.55 bits per heavy atom. The van der Waals surface area contributed by atoms with Crippen LogP contribution in [0, 0.1) is 0 Å². The van der Waals surface area contributed by atoms with E-state index in [0.717, 1.165) is 27.4 Å². The molecule has 168 valence electrons. The highest BCUT2D eigenvalue weighted by molar-refractivity contribution is 7.99. The second-order valence-electron chi connectivity index (χ2n) is 8.40. The Hall–Kier alpha value is -2.74. The number of fused-ring (bicyclic) bond motifs is 3. The van der Waals surface area contributed by atoms with Gasteiger partial charge in [-0.1, -0.05) is 67.2 Å². The molecule has 0 saturated carbocycles. The van der Waals surface area contributed by atoms with Gasteiger partial charge in [-0.15, -0.1) is 11.3 Å². The lowest BCUT2D eigenvalue weighted by atomic mass is 9.90. The second kappa shape index (κ2) is 8.89. The Balaban J connectivity index is 1.61. The van der Waals surface area contributed by atoms with Crippen LogP contribution in [0.5, 0.6) is 0 Å². The second-order valence-corrected chi connectivity index (χ2v) is 10.4. The van der Waals surface area contributed by atoms with E-state index in [4.69, 9.17) is 9.72 Å². The highest BCUT2D eigenvalue weighted by Gasteiger charge is 2.33. The van der Waals surface area contributed by atoms with Gasteiger partial charge in [0.25, 0.3) is 5.56 Å². The summed E-state index contributed by atoms with van der Waals surface area (Å²) in [6.45, 7) is 4.71. The van der Waals surface area contributed by atoms with Crippen molar-refractivity contribution in [1.82, 2.24) is 9.55 Å². The fourth-order valence-electron chi connectivity index (χ4n) is 4.07. The molecule has 33 heavy (non-hydrogen) atoms. The van der Waals surface area contributed by atoms with E-state index in [1.165, 1.54) is 23.1 Å². The zero-order valence-electron chi connectivity index (χ0n) is 18.5. The summed E-state index contributed by atoms with van der Waals surface area (Å²) in [6.07, 6.45) is 1.57. The molecule has 1 aliphatic rings. The van der Waals surface area contributed by atoms with Gasteiger partial charge in [0.15, 0.2) is 10.9 Å².